The van der Waals surface area contributed by atoms with Crippen LogP contribution in [-0.2, 0) is 6.54 Å². The lowest BCUT2D eigenvalue weighted by Gasteiger charge is -2.27. The summed E-state index contributed by atoms with van der Waals surface area (Å²) in [6.07, 6.45) is 6.41. The fraction of sp³-hybridized carbons (Fsp3) is 0.478. The lowest BCUT2D eigenvalue weighted by Crippen LogP contribution is -2.37. The molecule has 0 N–H and O–H groups in total. The summed E-state index contributed by atoms with van der Waals surface area (Å²) in [6, 6.07) is 6.75. The highest BCUT2D eigenvalue weighted by Crippen LogP contribution is 2.23. The summed E-state index contributed by atoms with van der Waals surface area (Å²) in [6.45, 7) is 6.07. The zero-order valence-corrected chi connectivity index (χ0v) is 18.5. The van der Waals surface area contributed by atoms with Gasteiger partial charge in [0.05, 0.1) is 5.69 Å². The van der Waals surface area contributed by atoms with Crippen LogP contribution in [0.3, 0.4) is 0 Å². The van der Waals surface area contributed by atoms with Gasteiger partial charge in [0.25, 0.3) is 5.91 Å². The second-order valence-electron chi connectivity index (χ2n) is 8.41. The number of aromatic nitrogens is 2. The molecular weight excluding hydrogens is 413 g/mol. The van der Waals surface area contributed by atoms with E-state index in [1.54, 1.807) is 11.3 Å². The maximum Gasteiger partial charge on any atom is 0.274 e. The first-order valence-corrected chi connectivity index (χ1v) is 12.0. The van der Waals surface area contributed by atoms with Crippen molar-refractivity contribution in [2.45, 2.75) is 32.2 Å². The van der Waals surface area contributed by atoms with Crippen LogP contribution in [0, 0.1) is 5.82 Å². The molecule has 4 heterocycles. The number of likely N-dealkylation sites (tertiary alicyclic amines) is 1. The molecule has 2 aromatic heterocycles. The summed E-state index contributed by atoms with van der Waals surface area (Å²) in [5.74, 6) is -0.125. The molecule has 5 rings (SSSR count). The van der Waals surface area contributed by atoms with Crippen LogP contribution in [0.4, 0.5) is 10.1 Å². The molecule has 8 heteroatoms. The number of fused-ring (bicyclic) bond motifs is 1. The van der Waals surface area contributed by atoms with Gasteiger partial charge < -0.3 is 9.80 Å². The summed E-state index contributed by atoms with van der Waals surface area (Å²) in [5.41, 5.74) is 2.68. The van der Waals surface area contributed by atoms with Gasteiger partial charge in [0.2, 0.25) is 0 Å². The molecule has 31 heavy (non-hydrogen) atoms. The van der Waals surface area contributed by atoms with Gasteiger partial charge in [-0.3, -0.25) is 14.1 Å². The fourth-order valence-corrected chi connectivity index (χ4v) is 5.39. The molecule has 1 aromatic carbocycles. The van der Waals surface area contributed by atoms with Crippen LogP contribution in [0.5, 0.6) is 0 Å². The second kappa shape index (κ2) is 8.96. The lowest BCUT2D eigenvalue weighted by molar-refractivity contribution is 0.0716. The molecule has 0 radical (unpaired) electrons. The third-order valence-electron chi connectivity index (χ3n) is 6.36. The standard InChI is InChI=1S/C23H28FN5OS/c24-18-5-7-19(8-6-18)27-12-4-9-26(13-14-27)17-20-21(25-23-29(20)15-16-31-23)22(30)28-10-2-1-3-11-28/h5-8,15-16H,1-4,9-14,17H2. The quantitative estimate of drug-likeness (QED) is 0.617. The molecule has 3 aromatic rings. The van der Waals surface area contributed by atoms with E-state index in [-0.39, 0.29) is 11.7 Å². The van der Waals surface area contributed by atoms with E-state index < -0.39 is 0 Å². The predicted molar refractivity (Wildman–Crippen MR) is 121 cm³/mol. The molecule has 0 aliphatic carbocycles. The molecule has 164 valence electrons. The molecular formula is C23H28FN5OS. The average Bonchev–Trinajstić information content (AvgIpc) is 3.30. The topological polar surface area (TPSA) is 44.1 Å². The number of piperidine rings is 1. The summed E-state index contributed by atoms with van der Waals surface area (Å²) >= 11 is 1.58. The molecule has 2 saturated heterocycles. The predicted octanol–water partition coefficient (Wildman–Crippen LogP) is 3.87. The minimum Gasteiger partial charge on any atom is -0.370 e. The van der Waals surface area contributed by atoms with Crippen LogP contribution in [0.2, 0.25) is 0 Å². The third-order valence-corrected chi connectivity index (χ3v) is 7.12. The van der Waals surface area contributed by atoms with E-state index in [9.17, 15) is 9.18 Å². The van der Waals surface area contributed by atoms with Crippen molar-refractivity contribution >= 4 is 27.9 Å². The highest BCUT2D eigenvalue weighted by molar-refractivity contribution is 7.15. The van der Waals surface area contributed by atoms with Gasteiger partial charge in [0, 0.05) is 63.1 Å². The number of anilines is 1. The van der Waals surface area contributed by atoms with E-state index in [2.05, 4.69) is 14.2 Å². The number of thiazole rings is 1. The SMILES string of the molecule is O=C(c1nc2sccn2c1CN1CCCN(c2ccc(F)cc2)CC1)N1CCCCC1. The normalized spacial score (nSPS) is 18.5. The summed E-state index contributed by atoms with van der Waals surface area (Å²) in [4.78, 5) is 25.6. The molecule has 0 atom stereocenters. The van der Waals surface area contributed by atoms with Crippen LogP contribution in [-0.4, -0.2) is 64.4 Å². The van der Waals surface area contributed by atoms with Gasteiger partial charge in [0.15, 0.2) is 10.7 Å². The van der Waals surface area contributed by atoms with E-state index in [1.807, 2.05) is 28.6 Å². The largest absolute Gasteiger partial charge is 0.370 e. The van der Waals surface area contributed by atoms with Crippen LogP contribution in [0.15, 0.2) is 35.8 Å². The molecule has 0 unspecified atom stereocenters. The number of benzene rings is 1. The second-order valence-corrected chi connectivity index (χ2v) is 9.28. The molecule has 2 aliphatic heterocycles. The highest BCUT2D eigenvalue weighted by Gasteiger charge is 2.27. The van der Waals surface area contributed by atoms with Crippen molar-refractivity contribution in [3.05, 3.63) is 53.0 Å². The number of nitrogens with zero attached hydrogens (tertiary/aromatic N) is 5. The molecule has 0 spiro atoms. The fourth-order valence-electron chi connectivity index (χ4n) is 4.65. The van der Waals surface area contributed by atoms with Crippen LogP contribution >= 0.6 is 11.3 Å². The zero-order chi connectivity index (χ0) is 21.2. The molecule has 2 aliphatic rings. The number of imidazole rings is 1. The number of carbonyl (C=O) groups is 1. The third kappa shape index (κ3) is 4.32. The van der Waals surface area contributed by atoms with Crippen LogP contribution < -0.4 is 4.90 Å². The number of hydrogen-bond acceptors (Lipinski definition) is 5. The first-order chi connectivity index (χ1) is 15.2. The first kappa shape index (κ1) is 20.5. The number of amides is 1. The number of rotatable bonds is 4. The monoisotopic (exact) mass is 441 g/mol. The van der Waals surface area contributed by atoms with Crippen LogP contribution in [0.25, 0.3) is 4.96 Å². The van der Waals surface area contributed by atoms with Crippen molar-refractivity contribution in [1.82, 2.24) is 19.2 Å². The van der Waals surface area contributed by atoms with Gasteiger partial charge in [0.1, 0.15) is 5.82 Å². The summed E-state index contributed by atoms with van der Waals surface area (Å²) < 4.78 is 15.4. The molecule has 1 amide bonds. The van der Waals surface area contributed by atoms with Crippen molar-refractivity contribution in [1.29, 1.82) is 0 Å². The van der Waals surface area contributed by atoms with Gasteiger partial charge in [-0.2, -0.15) is 0 Å². The number of hydrogen-bond donors (Lipinski definition) is 0. The van der Waals surface area contributed by atoms with Gasteiger partial charge >= 0.3 is 0 Å². The van der Waals surface area contributed by atoms with E-state index in [1.165, 1.54) is 18.6 Å². The Morgan fingerprint density at radius 2 is 1.77 bits per heavy atom. The Hall–Kier alpha value is -2.45. The summed E-state index contributed by atoms with van der Waals surface area (Å²) in [7, 11) is 0. The van der Waals surface area contributed by atoms with E-state index >= 15 is 0 Å². The van der Waals surface area contributed by atoms with Gasteiger partial charge in [-0.1, -0.05) is 0 Å². The first-order valence-electron chi connectivity index (χ1n) is 11.2. The average molecular weight is 442 g/mol. The summed E-state index contributed by atoms with van der Waals surface area (Å²) in [5, 5.41) is 2.03. The van der Waals surface area contributed by atoms with Gasteiger partial charge in [-0.05, 0) is 49.9 Å². The van der Waals surface area contributed by atoms with Crippen molar-refractivity contribution < 1.29 is 9.18 Å². The van der Waals surface area contributed by atoms with E-state index in [0.29, 0.717) is 12.2 Å². The lowest BCUT2D eigenvalue weighted by atomic mass is 10.1. The Kier molecular flexibility index (Phi) is 5.91. The number of carbonyl (C=O) groups excluding carboxylic acids is 1. The molecule has 0 bridgehead atoms. The number of halogens is 1. The van der Waals surface area contributed by atoms with Crippen molar-refractivity contribution in [2.75, 3.05) is 44.2 Å². The van der Waals surface area contributed by atoms with E-state index in [4.69, 9.17) is 4.98 Å². The minimum atomic E-state index is -0.202. The molecule has 6 nitrogen and oxygen atoms in total. The Labute approximate surface area is 185 Å². The smallest absolute Gasteiger partial charge is 0.274 e. The maximum atomic E-state index is 13.3. The Morgan fingerprint density at radius 1 is 0.968 bits per heavy atom. The molecule has 0 saturated carbocycles. The highest BCUT2D eigenvalue weighted by atomic mass is 32.1. The maximum absolute atomic E-state index is 13.3. The van der Waals surface area contributed by atoms with Crippen LogP contribution in [0.1, 0.15) is 41.9 Å². The van der Waals surface area contributed by atoms with E-state index in [0.717, 1.165) is 74.9 Å². The van der Waals surface area contributed by atoms with Crippen molar-refractivity contribution in [2.24, 2.45) is 0 Å². The minimum absolute atomic E-state index is 0.0772. The van der Waals surface area contributed by atoms with Gasteiger partial charge in [-0.25, -0.2) is 9.37 Å². The van der Waals surface area contributed by atoms with Crippen molar-refractivity contribution in [3.63, 3.8) is 0 Å². The Morgan fingerprint density at radius 3 is 2.58 bits per heavy atom. The van der Waals surface area contributed by atoms with Crippen molar-refractivity contribution in [3.8, 4) is 0 Å². The zero-order valence-electron chi connectivity index (χ0n) is 17.7. The molecule has 2 fully saturated rings. The Bertz CT molecular complexity index is 1040. The Balaban J connectivity index is 1.33. The van der Waals surface area contributed by atoms with Gasteiger partial charge in [-0.15, -0.1) is 11.3 Å².